The van der Waals surface area contributed by atoms with Crippen molar-refractivity contribution in [1.29, 1.82) is 0 Å². The van der Waals surface area contributed by atoms with E-state index in [0.29, 0.717) is 0 Å². The number of hydrogen-bond donors (Lipinski definition) is 4. The van der Waals surface area contributed by atoms with Gasteiger partial charge in [-0.1, -0.05) is 6.58 Å². The first-order valence-electron chi connectivity index (χ1n) is 3.57. The third-order valence-corrected chi connectivity index (χ3v) is 0.924. The van der Waals surface area contributed by atoms with Crippen LogP contribution in [0.2, 0.25) is 0 Å². The molecule has 0 fully saturated rings. The van der Waals surface area contributed by atoms with Crippen molar-refractivity contribution >= 4 is 17.7 Å². The average molecular weight is 203 g/mol. The molecule has 6 N–H and O–H groups in total. The molecule has 0 aromatic rings. The van der Waals surface area contributed by atoms with Gasteiger partial charge in [-0.25, -0.2) is 5.48 Å². The van der Waals surface area contributed by atoms with Crippen molar-refractivity contribution in [3.63, 3.8) is 0 Å². The lowest BCUT2D eigenvalue weighted by Crippen LogP contribution is -2.21. The molecule has 0 radical (unpaired) electrons. The number of hydroxylamine groups is 1. The minimum atomic E-state index is -0.603. The molecule has 80 valence electrons. The molecule has 0 aromatic carbocycles. The van der Waals surface area contributed by atoms with E-state index >= 15 is 0 Å². The van der Waals surface area contributed by atoms with Crippen LogP contribution in [-0.2, 0) is 14.4 Å². The molecule has 0 rings (SSSR count). The van der Waals surface area contributed by atoms with Gasteiger partial charge in [0.05, 0.1) is 0 Å². The van der Waals surface area contributed by atoms with Crippen LogP contribution in [0.25, 0.3) is 0 Å². The number of nitrogens with two attached hydrogens (primary N) is 2. The summed E-state index contributed by atoms with van der Waals surface area (Å²) in [5.41, 5.74) is 10.6. The van der Waals surface area contributed by atoms with E-state index in [-0.39, 0.29) is 12.8 Å². The van der Waals surface area contributed by atoms with Crippen LogP contribution in [-0.4, -0.2) is 22.9 Å². The molecule has 0 aliphatic rings. The van der Waals surface area contributed by atoms with Crippen LogP contribution in [0.15, 0.2) is 12.7 Å². The third kappa shape index (κ3) is 16.6. The van der Waals surface area contributed by atoms with E-state index in [1.807, 2.05) is 0 Å². The summed E-state index contributed by atoms with van der Waals surface area (Å²) in [7, 11) is 0. The first-order chi connectivity index (χ1) is 6.43. The third-order valence-electron chi connectivity index (χ3n) is 0.924. The Morgan fingerprint density at radius 1 is 1.29 bits per heavy atom. The van der Waals surface area contributed by atoms with E-state index < -0.39 is 17.7 Å². The Morgan fingerprint density at radius 2 is 1.71 bits per heavy atom. The van der Waals surface area contributed by atoms with Crippen LogP contribution < -0.4 is 16.9 Å². The lowest BCUT2D eigenvalue weighted by atomic mass is 10.3. The SMILES string of the molecule is C=CC(N)=O.NC(=O)CCC(=O)NO. The highest BCUT2D eigenvalue weighted by Crippen LogP contribution is 1.84. The lowest BCUT2D eigenvalue weighted by molar-refractivity contribution is -0.131. The van der Waals surface area contributed by atoms with E-state index in [4.69, 9.17) is 10.9 Å². The quantitative estimate of drug-likeness (QED) is 0.249. The standard InChI is InChI=1S/C4H8N2O3.C3H5NO/c5-3(7)1-2-4(8)6-9;1-2-3(4)5/h9H,1-2H2,(H2,5,7)(H,6,8);2H,1H2,(H2,4,5). The molecule has 0 atom stereocenters. The minimum Gasteiger partial charge on any atom is -0.370 e. The van der Waals surface area contributed by atoms with Crippen LogP contribution in [0.5, 0.6) is 0 Å². The summed E-state index contributed by atoms with van der Waals surface area (Å²) in [5, 5.41) is 7.90. The van der Waals surface area contributed by atoms with Gasteiger partial charge in [-0.2, -0.15) is 0 Å². The monoisotopic (exact) mass is 203 g/mol. The summed E-state index contributed by atoms with van der Waals surface area (Å²) in [6, 6.07) is 0. The second-order valence-electron chi connectivity index (χ2n) is 2.11. The van der Waals surface area contributed by atoms with E-state index in [9.17, 15) is 14.4 Å². The minimum absolute atomic E-state index is 0.0353. The fourth-order valence-electron chi connectivity index (χ4n) is 0.293. The van der Waals surface area contributed by atoms with Gasteiger partial charge in [0.15, 0.2) is 0 Å². The molecule has 3 amide bonds. The fraction of sp³-hybridized carbons (Fsp3) is 0.286. The maximum Gasteiger partial charge on any atom is 0.243 e. The predicted molar refractivity (Wildman–Crippen MR) is 47.7 cm³/mol. The molecular formula is C7H13N3O4. The van der Waals surface area contributed by atoms with Crippen molar-refractivity contribution < 1.29 is 19.6 Å². The van der Waals surface area contributed by atoms with Gasteiger partial charge in [0.25, 0.3) is 0 Å². The second kappa shape index (κ2) is 9.20. The number of carbonyl (C=O) groups is 3. The Balaban J connectivity index is 0. The number of hydrogen-bond acceptors (Lipinski definition) is 4. The van der Waals surface area contributed by atoms with Crippen LogP contribution in [0, 0.1) is 0 Å². The Morgan fingerprint density at radius 3 is 1.93 bits per heavy atom. The largest absolute Gasteiger partial charge is 0.370 e. The molecule has 0 saturated heterocycles. The van der Waals surface area contributed by atoms with Crippen LogP contribution >= 0.6 is 0 Å². The predicted octanol–water partition coefficient (Wildman–Crippen LogP) is -1.58. The fourth-order valence-corrected chi connectivity index (χ4v) is 0.293. The molecule has 0 spiro atoms. The highest BCUT2D eigenvalue weighted by atomic mass is 16.5. The summed E-state index contributed by atoms with van der Waals surface area (Å²) < 4.78 is 0. The van der Waals surface area contributed by atoms with Crippen LogP contribution in [0.1, 0.15) is 12.8 Å². The highest BCUT2D eigenvalue weighted by molar-refractivity contribution is 5.85. The lowest BCUT2D eigenvalue weighted by Gasteiger charge is -1.92. The van der Waals surface area contributed by atoms with Gasteiger partial charge in [-0.05, 0) is 6.08 Å². The maximum absolute atomic E-state index is 10.1. The topological polar surface area (TPSA) is 136 Å². The summed E-state index contributed by atoms with van der Waals surface area (Å²) in [6.07, 6.45) is 0.957. The van der Waals surface area contributed by atoms with Crippen molar-refractivity contribution in [1.82, 2.24) is 5.48 Å². The number of rotatable bonds is 4. The summed E-state index contributed by atoms with van der Waals surface area (Å²) >= 11 is 0. The van der Waals surface area contributed by atoms with Gasteiger partial charge in [-0.3, -0.25) is 19.6 Å². The smallest absolute Gasteiger partial charge is 0.243 e. The Kier molecular flexibility index (Phi) is 9.61. The molecule has 0 bridgehead atoms. The van der Waals surface area contributed by atoms with E-state index in [0.717, 1.165) is 6.08 Å². The molecule has 0 saturated carbocycles. The average Bonchev–Trinajstić information content (AvgIpc) is 2.14. The van der Waals surface area contributed by atoms with E-state index in [1.54, 1.807) is 0 Å². The Bertz CT molecular complexity index is 227. The zero-order chi connectivity index (χ0) is 11.6. The zero-order valence-corrected chi connectivity index (χ0v) is 7.53. The van der Waals surface area contributed by atoms with Crippen molar-refractivity contribution in [2.24, 2.45) is 11.5 Å². The van der Waals surface area contributed by atoms with Crippen molar-refractivity contribution in [3.8, 4) is 0 Å². The molecule has 0 aromatic heterocycles. The number of nitrogens with one attached hydrogen (secondary N) is 1. The summed E-state index contributed by atoms with van der Waals surface area (Å²) in [5.74, 6) is -1.64. The normalized spacial score (nSPS) is 7.79. The molecule has 0 unspecified atom stereocenters. The van der Waals surface area contributed by atoms with E-state index in [1.165, 1.54) is 5.48 Å². The van der Waals surface area contributed by atoms with Crippen molar-refractivity contribution in [3.05, 3.63) is 12.7 Å². The first kappa shape index (κ1) is 14.6. The van der Waals surface area contributed by atoms with Gasteiger partial charge in [0.1, 0.15) is 0 Å². The summed E-state index contributed by atoms with van der Waals surface area (Å²) in [4.78, 5) is 29.6. The number of primary amides is 2. The Hall–Kier alpha value is -1.89. The zero-order valence-electron chi connectivity index (χ0n) is 7.53. The second-order valence-corrected chi connectivity index (χ2v) is 2.11. The van der Waals surface area contributed by atoms with Crippen LogP contribution in [0.3, 0.4) is 0 Å². The molecule has 0 heterocycles. The number of carbonyl (C=O) groups excluding carboxylic acids is 3. The highest BCUT2D eigenvalue weighted by Gasteiger charge is 2.00. The van der Waals surface area contributed by atoms with Crippen molar-refractivity contribution in [2.75, 3.05) is 0 Å². The van der Waals surface area contributed by atoms with Gasteiger partial charge in [0, 0.05) is 12.8 Å². The number of amides is 3. The molecule has 7 heteroatoms. The van der Waals surface area contributed by atoms with Gasteiger partial charge >= 0.3 is 0 Å². The molecule has 0 aliphatic carbocycles. The molecule has 14 heavy (non-hydrogen) atoms. The molecular weight excluding hydrogens is 190 g/mol. The van der Waals surface area contributed by atoms with Crippen LogP contribution in [0.4, 0.5) is 0 Å². The molecule has 7 nitrogen and oxygen atoms in total. The van der Waals surface area contributed by atoms with Gasteiger partial charge < -0.3 is 11.5 Å². The Labute approximate surface area is 80.7 Å². The maximum atomic E-state index is 10.1. The first-order valence-corrected chi connectivity index (χ1v) is 3.57. The van der Waals surface area contributed by atoms with Gasteiger partial charge in [0.2, 0.25) is 17.7 Å². The molecule has 0 aliphatic heterocycles. The van der Waals surface area contributed by atoms with Gasteiger partial charge in [-0.15, -0.1) is 0 Å². The van der Waals surface area contributed by atoms with E-state index in [2.05, 4.69) is 12.3 Å². The van der Waals surface area contributed by atoms with Crippen molar-refractivity contribution in [2.45, 2.75) is 12.8 Å². The summed E-state index contributed by atoms with van der Waals surface area (Å²) in [6.45, 7) is 3.09.